The SMILES string of the molecule is O=C(OCCc1cccs1)c1ccc2c(c1)NCC2. The molecule has 1 aromatic carbocycles. The van der Waals surface area contributed by atoms with Crippen LogP contribution in [0.4, 0.5) is 5.69 Å². The topological polar surface area (TPSA) is 38.3 Å². The van der Waals surface area contributed by atoms with Crippen molar-refractivity contribution in [2.75, 3.05) is 18.5 Å². The molecule has 0 saturated carbocycles. The number of carbonyl (C=O) groups is 1. The minimum Gasteiger partial charge on any atom is -0.462 e. The van der Waals surface area contributed by atoms with Gasteiger partial charge in [-0.25, -0.2) is 4.79 Å². The third-order valence-corrected chi connectivity index (χ3v) is 4.15. The summed E-state index contributed by atoms with van der Waals surface area (Å²) < 4.78 is 5.30. The van der Waals surface area contributed by atoms with Crippen molar-refractivity contribution in [3.63, 3.8) is 0 Å². The van der Waals surface area contributed by atoms with Crippen LogP contribution < -0.4 is 5.32 Å². The van der Waals surface area contributed by atoms with E-state index in [9.17, 15) is 4.79 Å². The van der Waals surface area contributed by atoms with Crippen LogP contribution in [0.15, 0.2) is 35.7 Å². The summed E-state index contributed by atoms with van der Waals surface area (Å²) >= 11 is 1.69. The molecule has 1 aromatic heterocycles. The molecule has 98 valence electrons. The van der Waals surface area contributed by atoms with E-state index in [4.69, 9.17) is 4.74 Å². The van der Waals surface area contributed by atoms with Crippen molar-refractivity contribution < 1.29 is 9.53 Å². The molecule has 0 spiro atoms. The summed E-state index contributed by atoms with van der Waals surface area (Å²) in [5, 5.41) is 5.30. The Labute approximate surface area is 116 Å². The fraction of sp³-hybridized carbons (Fsp3) is 0.267. The van der Waals surface area contributed by atoms with E-state index in [1.165, 1.54) is 10.4 Å². The first-order valence-electron chi connectivity index (χ1n) is 6.39. The average Bonchev–Trinajstić information content (AvgIpc) is 3.08. The van der Waals surface area contributed by atoms with Crippen LogP contribution in [0.2, 0.25) is 0 Å². The van der Waals surface area contributed by atoms with E-state index in [1.54, 1.807) is 11.3 Å². The summed E-state index contributed by atoms with van der Waals surface area (Å²) in [6.07, 6.45) is 1.82. The van der Waals surface area contributed by atoms with Gasteiger partial charge < -0.3 is 10.1 Å². The van der Waals surface area contributed by atoms with Gasteiger partial charge in [0.25, 0.3) is 0 Å². The molecule has 4 heteroatoms. The number of fused-ring (bicyclic) bond motifs is 1. The third-order valence-electron chi connectivity index (χ3n) is 3.22. The van der Waals surface area contributed by atoms with Crippen molar-refractivity contribution in [3.05, 3.63) is 51.7 Å². The number of esters is 1. The molecule has 19 heavy (non-hydrogen) atoms. The fourth-order valence-corrected chi connectivity index (χ4v) is 2.89. The van der Waals surface area contributed by atoms with Crippen LogP contribution in [0.3, 0.4) is 0 Å². The van der Waals surface area contributed by atoms with Gasteiger partial charge >= 0.3 is 5.97 Å². The Hall–Kier alpha value is -1.81. The zero-order chi connectivity index (χ0) is 13.1. The first-order valence-corrected chi connectivity index (χ1v) is 7.27. The maximum Gasteiger partial charge on any atom is 0.338 e. The lowest BCUT2D eigenvalue weighted by atomic mass is 10.1. The van der Waals surface area contributed by atoms with E-state index in [0.29, 0.717) is 12.2 Å². The Morgan fingerprint density at radius 2 is 2.32 bits per heavy atom. The second-order valence-corrected chi connectivity index (χ2v) is 5.55. The monoisotopic (exact) mass is 273 g/mol. The molecular formula is C15H15NO2S. The molecule has 0 fully saturated rings. The largest absolute Gasteiger partial charge is 0.462 e. The Balaban J connectivity index is 1.58. The number of hydrogen-bond acceptors (Lipinski definition) is 4. The number of benzene rings is 1. The number of carbonyl (C=O) groups excluding carboxylic acids is 1. The van der Waals surface area contributed by atoms with Crippen LogP contribution in [-0.4, -0.2) is 19.1 Å². The molecule has 0 atom stereocenters. The Morgan fingerprint density at radius 3 is 3.16 bits per heavy atom. The highest BCUT2D eigenvalue weighted by Crippen LogP contribution is 2.23. The predicted octanol–water partition coefficient (Wildman–Crippen LogP) is 3.12. The average molecular weight is 273 g/mol. The molecule has 1 N–H and O–H groups in total. The highest BCUT2D eigenvalue weighted by Gasteiger charge is 2.14. The lowest BCUT2D eigenvalue weighted by molar-refractivity contribution is 0.0510. The Bertz CT molecular complexity index is 578. The number of anilines is 1. The Kier molecular flexibility index (Phi) is 3.51. The van der Waals surface area contributed by atoms with E-state index in [0.717, 1.165) is 25.1 Å². The molecule has 0 radical (unpaired) electrons. The molecule has 0 amide bonds. The van der Waals surface area contributed by atoms with Gasteiger partial charge in [0.1, 0.15) is 0 Å². The predicted molar refractivity (Wildman–Crippen MR) is 76.9 cm³/mol. The van der Waals surface area contributed by atoms with Crippen molar-refractivity contribution in [1.29, 1.82) is 0 Å². The minimum absolute atomic E-state index is 0.243. The zero-order valence-corrected chi connectivity index (χ0v) is 11.3. The number of thiophene rings is 1. The number of ether oxygens (including phenoxy) is 1. The molecule has 1 aliphatic rings. The first-order chi connectivity index (χ1) is 9.33. The van der Waals surface area contributed by atoms with Crippen LogP contribution in [0, 0.1) is 0 Å². The third kappa shape index (κ3) is 2.79. The molecule has 2 heterocycles. The smallest absolute Gasteiger partial charge is 0.338 e. The van der Waals surface area contributed by atoms with Crippen LogP contribution >= 0.6 is 11.3 Å². The Morgan fingerprint density at radius 1 is 1.37 bits per heavy atom. The lowest BCUT2D eigenvalue weighted by Gasteiger charge is -2.06. The van der Waals surface area contributed by atoms with Gasteiger partial charge in [-0.05, 0) is 35.6 Å². The number of hydrogen-bond donors (Lipinski definition) is 1. The lowest BCUT2D eigenvalue weighted by Crippen LogP contribution is -2.08. The van der Waals surface area contributed by atoms with Crippen LogP contribution in [0.5, 0.6) is 0 Å². The van der Waals surface area contributed by atoms with Gasteiger partial charge in [-0.2, -0.15) is 0 Å². The highest BCUT2D eigenvalue weighted by molar-refractivity contribution is 7.09. The van der Waals surface area contributed by atoms with E-state index in [-0.39, 0.29) is 5.97 Å². The van der Waals surface area contributed by atoms with Crippen LogP contribution in [0.1, 0.15) is 20.8 Å². The van der Waals surface area contributed by atoms with Gasteiger partial charge in [0.2, 0.25) is 0 Å². The zero-order valence-electron chi connectivity index (χ0n) is 10.5. The molecular weight excluding hydrogens is 258 g/mol. The standard InChI is InChI=1S/C15H15NO2S/c17-15(18-8-6-13-2-1-9-19-13)12-4-3-11-5-7-16-14(11)10-12/h1-4,9-10,16H,5-8H2. The number of rotatable bonds is 4. The van der Waals surface area contributed by atoms with Crippen molar-refractivity contribution in [3.8, 4) is 0 Å². The van der Waals surface area contributed by atoms with Gasteiger partial charge in [0.15, 0.2) is 0 Å². The fourth-order valence-electron chi connectivity index (χ4n) is 2.20. The molecule has 0 aliphatic carbocycles. The summed E-state index contributed by atoms with van der Waals surface area (Å²) in [6.45, 7) is 1.38. The molecule has 1 aliphatic heterocycles. The second kappa shape index (κ2) is 5.45. The van der Waals surface area contributed by atoms with Gasteiger partial charge in [0, 0.05) is 23.5 Å². The van der Waals surface area contributed by atoms with Crippen molar-refractivity contribution in [2.24, 2.45) is 0 Å². The summed E-state index contributed by atoms with van der Waals surface area (Å²) in [6, 6.07) is 9.80. The maximum atomic E-state index is 11.9. The molecule has 0 saturated heterocycles. The molecule has 3 nitrogen and oxygen atoms in total. The first kappa shape index (κ1) is 12.2. The quantitative estimate of drug-likeness (QED) is 0.870. The summed E-state index contributed by atoms with van der Waals surface area (Å²) in [7, 11) is 0. The molecule has 0 bridgehead atoms. The summed E-state index contributed by atoms with van der Waals surface area (Å²) in [5.74, 6) is -0.243. The van der Waals surface area contributed by atoms with Gasteiger partial charge in [-0.15, -0.1) is 11.3 Å². The van der Waals surface area contributed by atoms with E-state index < -0.39 is 0 Å². The van der Waals surface area contributed by atoms with Crippen molar-refractivity contribution in [2.45, 2.75) is 12.8 Å². The minimum atomic E-state index is -0.243. The maximum absolute atomic E-state index is 11.9. The van der Waals surface area contributed by atoms with E-state index >= 15 is 0 Å². The molecule has 3 rings (SSSR count). The van der Waals surface area contributed by atoms with Crippen LogP contribution in [0.25, 0.3) is 0 Å². The van der Waals surface area contributed by atoms with Crippen LogP contribution in [-0.2, 0) is 17.6 Å². The van der Waals surface area contributed by atoms with Crippen molar-refractivity contribution >= 4 is 23.0 Å². The van der Waals surface area contributed by atoms with Gasteiger partial charge in [-0.1, -0.05) is 12.1 Å². The normalized spacial score (nSPS) is 12.8. The summed E-state index contributed by atoms with van der Waals surface area (Å²) in [5.41, 5.74) is 2.96. The van der Waals surface area contributed by atoms with Gasteiger partial charge in [-0.3, -0.25) is 0 Å². The molecule has 0 unspecified atom stereocenters. The summed E-state index contributed by atoms with van der Waals surface area (Å²) in [4.78, 5) is 13.2. The second-order valence-electron chi connectivity index (χ2n) is 4.51. The van der Waals surface area contributed by atoms with E-state index in [1.807, 2.05) is 29.6 Å². The number of nitrogens with one attached hydrogen (secondary N) is 1. The van der Waals surface area contributed by atoms with Crippen molar-refractivity contribution in [1.82, 2.24) is 0 Å². The molecule has 2 aromatic rings. The highest BCUT2D eigenvalue weighted by atomic mass is 32.1. The van der Waals surface area contributed by atoms with E-state index in [2.05, 4.69) is 11.4 Å². The van der Waals surface area contributed by atoms with Gasteiger partial charge in [0.05, 0.1) is 12.2 Å².